The third-order valence-electron chi connectivity index (χ3n) is 11.8. The van der Waals surface area contributed by atoms with Crippen LogP contribution in [0.4, 0.5) is 0 Å². The number of nitrogens with two attached hydrogens (primary N) is 1. The molecule has 2 aromatic heterocycles. The van der Waals surface area contributed by atoms with Crippen molar-refractivity contribution in [3.05, 3.63) is 78.4 Å². The highest BCUT2D eigenvalue weighted by molar-refractivity contribution is 7.46. The molecule has 0 bridgehead atoms. The third-order valence-corrected chi connectivity index (χ3v) is 12.4. The highest BCUT2D eigenvalue weighted by Crippen LogP contribution is 2.38. The molecule has 1 saturated heterocycles. The zero-order chi connectivity index (χ0) is 51.8. The Kier molecular flexibility index (Phi) is 20.2. The van der Waals surface area contributed by atoms with Crippen LogP contribution >= 0.6 is 7.82 Å². The second-order valence-corrected chi connectivity index (χ2v) is 18.8. The summed E-state index contributed by atoms with van der Waals surface area (Å²) >= 11 is 0. The molecule has 4 aromatic rings. The van der Waals surface area contributed by atoms with Gasteiger partial charge in [0.1, 0.15) is 43.9 Å². The number of nitrogens with one attached hydrogen (secondary N) is 4. The average Bonchev–Trinajstić information content (AvgIpc) is 4.08. The van der Waals surface area contributed by atoms with E-state index in [0.717, 1.165) is 34.6 Å². The van der Waals surface area contributed by atoms with Gasteiger partial charge in [-0.05, 0) is 57.4 Å². The topological polar surface area (TPSA) is 320 Å². The summed E-state index contributed by atoms with van der Waals surface area (Å²) in [5.74, 6) is -5.01. The Hall–Kier alpha value is -6.65. The van der Waals surface area contributed by atoms with Gasteiger partial charge in [0.05, 0.1) is 36.5 Å². The number of aliphatic hydroxyl groups is 1. The molecule has 6 amide bonds. The SMILES string of the molecule is COn1c(-c2ccccc2)c(/C=N/OCCCCCn2cncc2C[C@H](NC(=O)[C@H](CC(C)C)NC(=O)[C@@H]2CCCN2C(C)=O)C(=O)N[C@@H](CO)C(=O)N[C@H](C(N)=O)[C@@H](C)OP(=O)(O)O)c2ccccc21. The van der Waals surface area contributed by atoms with Gasteiger partial charge in [-0.3, -0.25) is 33.3 Å². The van der Waals surface area contributed by atoms with Gasteiger partial charge in [-0.1, -0.05) is 67.5 Å². The molecule has 386 valence electrons. The number of phosphoric ester groups is 1. The molecule has 0 saturated carbocycles. The summed E-state index contributed by atoms with van der Waals surface area (Å²) in [7, 11) is -3.53. The van der Waals surface area contributed by atoms with Gasteiger partial charge in [0.2, 0.25) is 35.4 Å². The van der Waals surface area contributed by atoms with Gasteiger partial charge in [-0.25, -0.2) is 9.55 Å². The molecule has 24 heteroatoms. The fourth-order valence-corrected chi connectivity index (χ4v) is 8.96. The standard InChI is InChI=1S/C47H65N10O13P/c1-29(2)23-36(52-47(64)40-19-14-21-56(40)31(4)59)44(61)51-37(45(62)53-38(27-58)46(63)54-41(43(48)60)30(3)70-71(65,66)67)24-33-25-49-28-55(33)20-12-7-13-22-69-50-26-35-34-17-10-11-18-39(34)57(68-5)42(35)32-15-8-6-9-16-32/h6,8-11,15-18,25-26,28-30,36-38,40-41,58H,7,12-14,19-24,27H2,1-5H3,(H2,48,60)(H,51,61)(H,52,64)(H,53,62)(H,54,63)(H2,65,66,67)/b50-26+/t30-,36+,37+,38+,40+,41+/m1/s1. The number of aromatic nitrogens is 3. The van der Waals surface area contributed by atoms with Crippen molar-refractivity contribution in [2.45, 2.75) is 115 Å². The van der Waals surface area contributed by atoms with Crippen LogP contribution in [0.2, 0.25) is 0 Å². The first kappa shape index (κ1) is 55.3. The van der Waals surface area contributed by atoms with Gasteiger partial charge in [-0.15, -0.1) is 0 Å². The van der Waals surface area contributed by atoms with E-state index < -0.39 is 80.3 Å². The number of fused-ring (bicyclic) bond motifs is 1. The van der Waals surface area contributed by atoms with Gasteiger partial charge >= 0.3 is 7.82 Å². The molecular weight excluding hydrogens is 944 g/mol. The maximum Gasteiger partial charge on any atom is 0.469 e. The van der Waals surface area contributed by atoms with Crippen LogP contribution < -0.4 is 31.8 Å². The Morgan fingerprint density at radius 3 is 2.25 bits per heavy atom. The zero-order valence-electron chi connectivity index (χ0n) is 40.4. The Bertz CT molecular complexity index is 2550. The third kappa shape index (κ3) is 15.4. The van der Waals surface area contributed by atoms with Crippen LogP contribution in [-0.2, 0) is 55.7 Å². The minimum absolute atomic E-state index is 0.112. The van der Waals surface area contributed by atoms with E-state index in [4.69, 9.17) is 15.4 Å². The van der Waals surface area contributed by atoms with Crippen LogP contribution in [0.15, 0.2) is 72.3 Å². The summed E-state index contributed by atoms with van der Waals surface area (Å²) in [6.07, 6.45) is 6.11. The molecule has 9 N–H and O–H groups in total. The number of carbonyl (C=O) groups is 6. The lowest BCUT2D eigenvalue weighted by molar-refractivity contribution is -0.139. The van der Waals surface area contributed by atoms with Crippen LogP contribution in [0, 0.1) is 5.92 Å². The first-order valence-electron chi connectivity index (χ1n) is 23.3. The molecule has 1 aliphatic rings. The number of hydrogen-bond donors (Lipinski definition) is 8. The summed E-state index contributed by atoms with van der Waals surface area (Å²) in [6.45, 7) is 6.26. The number of aliphatic hydroxyl groups excluding tert-OH is 1. The quantitative estimate of drug-likeness (QED) is 0.0181. The van der Waals surface area contributed by atoms with Crippen molar-refractivity contribution in [1.29, 1.82) is 0 Å². The second-order valence-electron chi connectivity index (χ2n) is 17.6. The summed E-state index contributed by atoms with van der Waals surface area (Å²) in [6, 6.07) is 10.7. The Morgan fingerprint density at radius 2 is 1.59 bits per heavy atom. The molecule has 0 radical (unpaired) electrons. The summed E-state index contributed by atoms with van der Waals surface area (Å²) in [5.41, 5.74) is 9.37. The normalized spacial score (nSPS) is 16.0. The number of likely N-dealkylation sites (tertiary alicyclic amines) is 1. The van der Waals surface area contributed by atoms with Crippen molar-refractivity contribution in [2.75, 3.05) is 26.9 Å². The molecule has 1 fully saturated rings. The van der Waals surface area contributed by atoms with E-state index in [2.05, 4.69) is 35.9 Å². The fourth-order valence-electron chi connectivity index (χ4n) is 8.41. The average molecular weight is 1010 g/mol. The maximum absolute atomic E-state index is 14.1. The maximum atomic E-state index is 14.1. The number of carbonyl (C=O) groups excluding carboxylic acids is 6. The first-order chi connectivity index (χ1) is 33.8. The molecular formula is C47H65N10O13P. The number of benzene rings is 2. The van der Waals surface area contributed by atoms with Crippen LogP contribution in [0.25, 0.3) is 22.2 Å². The number of oxime groups is 1. The van der Waals surface area contributed by atoms with Gasteiger partial charge in [0.25, 0.3) is 0 Å². The van der Waals surface area contributed by atoms with E-state index in [-0.39, 0.29) is 24.7 Å². The molecule has 0 aliphatic carbocycles. The number of nitrogens with zero attached hydrogens (tertiary/aromatic N) is 5. The fraction of sp³-hybridized carbons (Fsp3) is 0.489. The number of amides is 6. The Balaban J connectivity index is 1.27. The number of rotatable bonds is 27. The lowest BCUT2D eigenvalue weighted by Crippen LogP contribution is -2.61. The van der Waals surface area contributed by atoms with E-state index in [9.17, 15) is 48.2 Å². The predicted molar refractivity (Wildman–Crippen MR) is 260 cm³/mol. The highest BCUT2D eigenvalue weighted by Gasteiger charge is 2.37. The van der Waals surface area contributed by atoms with E-state index in [1.807, 2.05) is 68.4 Å². The van der Waals surface area contributed by atoms with Gasteiger partial charge in [-0.2, -0.15) is 4.73 Å². The number of unbranched alkanes of at least 4 members (excludes halogenated alkanes) is 2. The largest absolute Gasteiger partial charge is 0.469 e. The lowest BCUT2D eigenvalue weighted by atomic mass is 10.0. The molecule has 1 aliphatic heterocycles. The number of hydrogen-bond acceptors (Lipinski definition) is 13. The monoisotopic (exact) mass is 1010 g/mol. The van der Waals surface area contributed by atoms with Crippen molar-refractivity contribution in [2.24, 2.45) is 16.8 Å². The first-order valence-corrected chi connectivity index (χ1v) is 24.9. The smallest absolute Gasteiger partial charge is 0.416 e. The van der Waals surface area contributed by atoms with Crippen molar-refractivity contribution in [1.82, 2.24) is 40.4 Å². The minimum Gasteiger partial charge on any atom is -0.416 e. The second kappa shape index (κ2) is 26.0. The van der Waals surface area contributed by atoms with E-state index in [1.165, 1.54) is 18.0 Å². The minimum atomic E-state index is -5.14. The number of para-hydroxylation sites is 1. The molecule has 23 nitrogen and oxygen atoms in total. The zero-order valence-corrected chi connectivity index (χ0v) is 41.3. The molecule has 3 heterocycles. The van der Waals surface area contributed by atoms with E-state index >= 15 is 0 Å². The number of phosphoric acid groups is 1. The van der Waals surface area contributed by atoms with Gasteiger partial charge < -0.3 is 61.0 Å². The van der Waals surface area contributed by atoms with Crippen LogP contribution in [0.1, 0.15) is 77.5 Å². The molecule has 0 spiro atoms. The summed E-state index contributed by atoms with van der Waals surface area (Å²) in [5, 5.41) is 25.5. The van der Waals surface area contributed by atoms with Crippen molar-refractivity contribution in [3.8, 4) is 11.3 Å². The van der Waals surface area contributed by atoms with Crippen LogP contribution in [0.5, 0.6) is 0 Å². The molecule has 71 heavy (non-hydrogen) atoms. The summed E-state index contributed by atoms with van der Waals surface area (Å²) in [4.78, 5) is 115. The van der Waals surface area contributed by atoms with Gasteiger partial charge in [0, 0.05) is 54.8 Å². The number of primary amides is 1. The molecule has 6 atom stereocenters. The molecule has 5 rings (SSSR count). The Labute approximate surface area is 411 Å². The van der Waals surface area contributed by atoms with E-state index in [0.29, 0.717) is 57.5 Å². The summed E-state index contributed by atoms with van der Waals surface area (Å²) < 4.78 is 19.5. The van der Waals surface area contributed by atoms with Gasteiger partial charge in [0.15, 0.2) is 0 Å². The van der Waals surface area contributed by atoms with Crippen molar-refractivity contribution < 1.29 is 62.4 Å². The predicted octanol–water partition coefficient (Wildman–Crippen LogP) is 1.30. The molecule has 0 unspecified atom stereocenters. The van der Waals surface area contributed by atoms with Crippen LogP contribution in [0.3, 0.4) is 0 Å². The Morgan fingerprint density at radius 1 is 0.915 bits per heavy atom. The molecule has 2 aromatic carbocycles. The number of imidazole rings is 1. The van der Waals surface area contributed by atoms with E-state index in [1.54, 1.807) is 28.9 Å². The van der Waals surface area contributed by atoms with Crippen LogP contribution in [-0.4, -0.2) is 139 Å². The van der Waals surface area contributed by atoms with Crippen molar-refractivity contribution in [3.63, 3.8) is 0 Å². The highest BCUT2D eigenvalue weighted by atomic mass is 31.2. The lowest BCUT2D eigenvalue weighted by Gasteiger charge is -2.28. The number of aryl methyl sites for hydroxylation is 1. The van der Waals surface area contributed by atoms with Crippen molar-refractivity contribution >= 4 is 60.4 Å².